The normalized spacial score (nSPS) is 22.4. The Kier molecular flexibility index (Phi) is 6.87. The fraction of sp³-hybridized carbons (Fsp3) is 0.435. The van der Waals surface area contributed by atoms with Crippen LogP contribution in [0.3, 0.4) is 0 Å². The predicted octanol–water partition coefficient (Wildman–Crippen LogP) is 3.49. The van der Waals surface area contributed by atoms with E-state index in [4.69, 9.17) is 4.74 Å². The van der Waals surface area contributed by atoms with Crippen molar-refractivity contribution in [2.24, 2.45) is 5.41 Å². The van der Waals surface area contributed by atoms with Crippen molar-refractivity contribution in [3.63, 3.8) is 0 Å². The van der Waals surface area contributed by atoms with Crippen LogP contribution in [0.15, 0.2) is 48.5 Å². The second-order valence-corrected chi connectivity index (χ2v) is 7.77. The van der Waals surface area contributed by atoms with Gasteiger partial charge in [-0.1, -0.05) is 30.3 Å². The van der Waals surface area contributed by atoms with Gasteiger partial charge >= 0.3 is 5.97 Å². The number of aliphatic hydroxyl groups excluding tert-OH is 1. The minimum absolute atomic E-state index is 0.189. The van der Waals surface area contributed by atoms with Gasteiger partial charge in [-0.15, -0.1) is 0 Å². The van der Waals surface area contributed by atoms with E-state index in [9.17, 15) is 19.4 Å². The molecule has 6 heteroatoms. The molecule has 156 valence electrons. The number of hydrogen-bond acceptors (Lipinski definition) is 4. The molecule has 5 nitrogen and oxygen atoms in total. The summed E-state index contributed by atoms with van der Waals surface area (Å²) in [6, 6.07) is 14.5. The fourth-order valence-corrected chi connectivity index (χ4v) is 4.16. The Morgan fingerprint density at radius 3 is 2.72 bits per heavy atom. The zero-order valence-electron chi connectivity index (χ0n) is 16.7. The Labute approximate surface area is 170 Å². The van der Waals surface area contributed by atoms with Crippen LogP contribution < -0.4 is 4.74 Å². The maximum Gasteiger partial charge on any atom is 0.313 e. The van der Waals surface area contributed by atoms with Gasteiger partial charge in [-0.2, -0.15) is 0 Å². The molecule has 1 saturated heterocycles. The summed E-state index contributed by atoms with van der Waals surface area (Å²) in [5, 5.41) is 20.6. The molecule has 2 aromatic carbocycles. The van der Waals surface area contributed by atoms with E-state index in [-0.39, 0.29) is 18.9 Å². The number of hydrogen-bond donors (Lipinski definition) is 2. The maximum absolute atomic E-state index is 14.2. The SMILES string of the molecule is COc1ccc(F)c(CN2CC[C@H](O)[C@](CCCc3ccccc3)(C(=O)O)C2)c1. The van der Waals surface area contributed by atoms with Crippen LogP contribution >= 0.6 is 0 Å². The van der Waals surface area contributed by atoms with Crippen LogP contribution in [0.1, 0.15) is 30.4 Å². The summed E-state index contributed by atoms with van der Waals surface area (Å²) in [6.45, 7) is 0.990. The summed E-state index contributed by atoms with van der Waals surface area (Å²) in [5.41, 5.74) is 0.362. The molecule has 0 saturated carbocycles. The number of aliphatic hydroxyl groups is 1. The van der Waals surface area contributed by atoms with Gasteiger partial charge in [-0.25, -0.2) is 4.39 Å². The lowest BCUT2D eigenvalue weighted by Crippen LogP contribution is -2.55. The van der Waals surface area contributed by atoms with Crippen LogP contribution in [-0.4, -0.2) is 47.4 Å². The van der Waals surface area contributed by atoms with Crippen LogP contribution in [0.25, 0.3) is 0 Å². The number of aliphatic carboxylic acids is 1. The third-order valence-electron chi connectivity index (χ3n) is 5.87. The van der Waals surface area contributed by atoms with Gasteiger partial charge in [0.15, 0.2) is 0 Å². The molecular weight excluding hydrogens is 373 g/mol. The number of ether oxygens (including phenoxy) is 1. The lowest BCUT2D eigenvalue weighted by atomic mass is 9.73. The number of carboxylic acid groups (broad SMARTS) is 1. The van der Waals surface area contributed by atoms with Crippen molar-refractivity contribution in [1.29, 1.82) is 0 Å². The highest BCUT2D eigenvalue weighted by molar-refractivity contribution is 5.76. The quantitative estimate of drug-likeness (QED) is 0.709. The molecule has 0 bridgehead atoms. The summed E-state index contributed by atoms with van der Waals surface area (Å²) in [7, 11) is 1.52. The molecule has 0 radical (unpaired) electrons. The lowest BCUT2D eigenvalue weighted by molar-refractivity contribution is -0.164. The zero-order valence-corrected chi connectivity index (χ0v) is 16.7. The summed E-state index contributed by atoms with van der Waals surface area (Å²) in [4.78, 5) is 14.1. The third kappa shape index (κ3) is 4.95. The van der Waals surface area contributed by atoms with Gasteiger partial charge in [0, 0.05) is 25.2 Å². The van der Waals surface area contributed by atoms with Crippen molar-refractivity contribution in [1.82, 2.24) is 4.90 Å². The fourth-order valence-electron chi connectivity index (χ4n) is 4.16. The second kappa shape index (κ2) is 9.37. The van der Waals surface area contributed by atoms with Gasteiger partial charge < -0.3 is 14.9 Å². The third-order valence-corrected chi connectivity index (χ3v) is 5.87. The van der Waals surface area contributed by atoms with Crippen molar-refractivity contribution < 1.29 is 24.1 Å². The van der Waals surface area contributed by atoms with E-state index in [1.165, 1.54) is 13.2 Å². The second-order valence-electron chi connectivity index (χ2n) is 7.77. The molecular formula is C23H28FNO4. The maximum atomic E-state index is 14.2. The number of nitrogens with zero attached hydrogens (tertiary/aromatic N) is 1. The number of piperidine rings is 1. The predicted molar refractivity (Wildman–Crippen MR) is 108 cm³/mol. The molecule has 29 heavy (non-hydrogen) atoms. The summed E-state index contributed by atoms with van der Waals surface area (Å²) in [5.74, 6) is -0.776. The molecule has 1 fully saturated rings. The number of carbonyl (C=O) groups is 1. The smallest absolute Gasteiger partial charge is 0.313 e. The monoisotopic (exact) mass is 401 g/mol. The molecule has 0 spiro atoms. The molecule has 0 amide bonds. The summed E-state index contributed by atoms with van der Waals surface area (Å²) >= 11 is 0. The first-order chi connectivity index (χ1) is 13.9. The number of likely N-dealkylation sites (tertiary alicyclic amines) is 1. The van der Waals surface area contributed by atoms with Gasteiger partial charge in [0.2, 0.25) is 0 Å². The molecule has 0 aromatic heterocycles. The Morgan fingerprint density at radius 2 is 2.03 bits per heavy atom. The minimum Gasteiger partial charge on any atom is -0.497 e. The molecule has 0 aliphatic carbocycles. The van der Waals surface area contributed by atoms with Gasteiger partial charge in [0.25, 0.3) is 0 Å². The van der Waals surface area contributed by atoms with Gasteiger partial charge in [-0.3, -0.25) is 9.69 Å². The van der Waals surface area contributed by atoms with Gasteiger partial charge in [0.1, 0.15) is 17.0 Å². The first kappa shape index (κ1) is 21.3. The van der Waals surface area contributed by atoms with Crippen molar-refractivity contribution in [2.75, 3.05) is 20.2 Å². The minimum atomic E-state index is -1.25. The molecule has 1 heterocycles. The number of benzene rings is 2. The average molecular weight is 401 g/mol. The summed E-state index contributed by atoms with van der Waals surface area (Å²) < 4.78 is 19.4. The van der Waals surface area contributed by atoms with E-state index in [1.54, 1.807) is 12.1 Å². The van der Waals surface area contributed by atoms with Crippen molar-refractivity contribution >= 4 is 5.97 Å². The number of methoxy groups -OCH3 is 1. The van der Waals surface area contributed by atoms with E-state index in [0.29, 0.717) is 37.1 Å². The number of aryl methyl sites for hydroxylation is 1. The highest BCUT2D eigenvalue weighted by Gasteiger charge is 2.48. The van der Waals surface area contributed by atoms with Crippen LogP contribution in [-0.2, 0) is 17.8 Å². The Hall–Kier alpha value is -2.44. The van der Waals surface area contributed by atoms with Crippen molar-refractivity contribution in [3.8, 4) is 5.75 Å². The van der Waals surface area contributed by atoms with Crippen molar-refractivity contribution in [2.45, 2.75) is 38.3 Å². The first-order valence-electron chi connectivity index (χ1n) is 9.95. The Bertz CT molecular complexity index is 829. The molecule has 1 aliphatic rings. The largest absolute Gasteiger partial charge is 0.497 e. The molecule has 3 rings (SSSR count). The van der Waals surface area contributed by atoms with Gasteiger partial charge in [-0.05, 0) is 49.4 Å². The average Bonchev–Trinajstić information content (AvgIpc) is 2.72. The number of rotatable bonds is 8. The van der Waals surface area contributed by atoms with Gasteiger partial charge in [0.05, 0.1) is 13.2 Å². The molecule has 2 atom stereocenters. The summed E-state index contributed by atoms with van der Waals surface area (Å²) in [6.07, 6.45) is 1.22. The zero-order chi connectivity index (χ0) is 20.9. The van der Waals surface area contributed by atoms with E-state index in [1.807, 2.05) is 35.2 Å². The van der Waals surface area contributed by atoms with Crippen LogP contribution in [0, 0.1) is 11.2 Å². The molecule has 2 N–H and O–H groups in total. The van der Waals surface area contributed by atoms with E-state index in [2.05, 4.69) is 0 Å². The van der Waals surface area contributed by atoms with Crippen LogP contribution in [0.5, 0.6) is 5.75 Å². The molecule has 1 aliphatic heterocycles. The van der Waals surface area contributed by atoms with E-state index < -0.39 is 17.5 Å². The topological polar surface area (TPSA) is 70.0 Å². The standard InChI is InChI=1S/C23H28FNO4/c1-29-19-9-10-20(24)18(14-19)15-25-13-11-21(26)23(16-25,22(27)28)12-5-8-17-6-3-2-4-7-17/h2-4,6-7,9-10,14,21,26H,5,8,11-13,15-16H2,1H3,(H,27,28)/t21-,23+/m0/s1. The van der Waals surface area contributed by atoms with E-state index >= 15 is 0 Å². The molecule has 0 unspecified atom stereocenters. The Morgan fingerprint density at radius 1 is 1.28 bits per heavy atom. The highest BCUT2D eigenvalue weighted by atomic mass is 19.1. The lowest BCUT2D eigenvalue weighted by Gasteiger charge is -2.43. The number of carboxylic acids is 1. The highest BCUT2D eigenvalue weighted by Crippen LogP contribution is 2.37. The van der Waals surface area contributed by atoms with Crippen molar-refractivity contribution in [3.05, 3.63) is 65.5 Å². The van der Waals surface area contributed by atoms with E-state index in [0.717, 1.165) is 12.0 Å². The van der Waals surface area contributed by atoms with Crippen LogP contribution in [0.2, 0.25) is 0 Å². The molecule has 2 aromatic rings. The Balaban J connectivity index is 1.71. The van der Waals surface area contributed by atoms with Crippen LogP contribution in [0.4, 0.5) is 4.39 Å². The first-order valence-corrected chi connectivity index (χ1v) is 9.95. The number of halogens is 1.